The van der Waals surface area contributed by atoms with E-state index in [0.29, 0.717) is 32.7 Å². The van der Waals surface area contributed by atoms with Crippen LogP contribution in [0.3, 0.4) is 0 Å². The number of carbonyl (C=O) groups is 1. The Kier molecular flexibility index (Phi) is 4.38. The number of benzene rings is 1. The predicted molar refractivity (Wildman–Crippen MR) is 92.7 cm³/mol. The van der Waals surface area contributed by atoms with Crippen molar-refractivity contribution in [2.75, 3.05) is 26.2 Å². The first-order valence-corrected chi connectivity index (χ1v) is 8.50. The summed E-state index contributed by atoms with van der Waals surface area (Å²) in [6.07, 6.45) is 3.82. The number of rotatable bonds is 3. The molecule has 0 bridgehead atoms. The Morgan fingerprint density at radius 2 is 1.73 bits per heavy atom. The molecule has 1 saturated heterocycles. The molecule has 1 fully saturated rings. The lowest BCUT2D eigenvalue weighted by Gasteiger charge is -2.34. The van der Waals surface area contributed by atoms with Gasteiger partial charge in [0.1, 0.15) is 22.8 Å². The van der Waals surface area contributed by atoms with Crippen LogP contribution in [-0.2, 0) is 6.54 Å². The highest BCUT2D eigenvalue weighted by Crippen LogP contribution is 2.17. The lowest BCUT2D eigenvalue weighted by molar-refractivity contribution is 0.0617. The summed E-state index contributed by atoms with van der Waals surface area (Å²) < 4.78 is 29.7. The van der Waals surface area contributed by atoms with Crippen molar-refractivity contribution in [3.05, 3.63) is 71.7 Å². The van der Waals surface area contributed by atoms with E-state index in [1.807, 2.05) is 35.0 Å². The van der Waals surface area contributed by atoms with Gasteiger partial charge >= 0.3 is 0 Å². The van der Waals surface area contributed by atoms with Crippen LogP contribution in [0.1, 0.15) is 16.1 Å². The first-order chi connectivity index (χ1) is 12.6. The predicted octanol–water partition coefficient (Wildman–Crippen LogP) is 2.57. The van der Waals surface area contributed by atoms with Crippen molar-refractivity contribution in [1.29, 1.82) is 0 Å². The maximum Gasteiger partial charge on any atom is 0.259 e. The van der Waals surface area contributed by atoms with Gasteiger partial charge in [0.2, 0.25) is 0 Å². The minimum atomic E-state index is -0.817. The number of piperazine rings is 1. The number of hydrogen-bond acceptors (Lipinski definition) is 3. The van der Waals surface area contributed by atoms with Crippen molar-refractivity contribution in [3.63, 3.8) is 0 Å². The van der Waals surface area contributed by atoms with Gasteiger partial charge in [-0.25, -0.2) is 13.8 Å². The van der Waals surface area contributed by atoms with E-state index in [2.05, 4.69) is 9.88 Å². The number of halogens is 2. The van der Waals surface area contributed by atoms with Crippen molar-refractivity contribution in [2.24, 2.45) is 0 Å². The minimum absolute atomic E-state index is 0.434. The molecule has 1 aliphatic rings. The van der Waals surface area contributed by atoms with E-state index in [9.17, 15) is 13.6 Å². The third-order valence-corrected chi connectivity index (χ3v) is 4.72. The lowest BCUT2D eigenvalue weighted by Crippen LogP contribution is -2.48. The maximum atomic E-state index is 13.8. The first-order valence-electron chi connectivity index (χ1n) is 8.50. The summed E-state index contributed by atoms with van der Waals surface area (Å²) in [6, 6.07) is 9.32. The van der Waals surface area contributed by atoms with Crippen molar-refractivity contribution in [1.82, 2.24) is 19.2 Å². The lowest BCUT2D eigenvalue weighted by atomic mass is 10.1. The number of nitrogens with zero attached hydrogens (tertiary/aromatic N) is 4. The van der Waals surface area contributed by atoms with Crippen LogP contribution in [0.4, 0.5) is 8.78 Å². The molecular formula is C19H18F2N4O. The minimum Gasteiger partial charge on any atom is -0.336 e. The van der Waals surface area contributed by atoms with Crippen molar-refractivity contribution >= 4 is 11.6 Å². The van der Waals surface area contributed by atoms with Gasteiger partial charge in [0.25, 0.3) is 5.91 Å². The molecule has 1 amide bonds. The molecule has 0 N–H and O–H groups in total. The Labute approximate surface area is 149 Å². The summed E-state index contributed by atoms with van der Waals surface area (Å²) in [6.45, 7) is 2.86. The first kappa shape index (κ1) is 16.7. The van der Waals surface area contributed by atoms with Gasteiger partial charge in [0.05, 0.1) is 11.9 Å². The molecular weight excluding hydrogens is 338 g/mol. The van der Waals surface area contributed by atoms with Crippen LogP contribution in [-0.4, -0.2) is 51.3 Å². The molecule has 0 atom stereocenters. The molecule has 0 radical (unpaired) electrons. The third kappa shape index (κ3) is 3.06. The molecule has 3 aromatic rings. The molecule has 1 aromatic carbocycles. The molecule has 0 aliphatic carbocycles. The number of fused-ring (bicyclic) bond motifs is 1. The van der Waals surface area contributed by atoms with Gasteiger partial charge in [-0.2, -0.15) is 0 Å². The Balaban J connectivity index is 1.42. The average molecular weight is 356 g/mol. The Morgan fingerprint density at radius 1 is 1.00 bits per heavy atom. The van der Waals surface area contributed by atoms with Crippen LogP contribution in [0, 0.1) is 11.6 Å². The fraction of sp³-hybridized carbons (Fsp3) is 0.263. The van der Waals surface area contributed by atoms with E-state index in [1.165, 1.54) is 11.0 Å². The molecule has 0 spiro atoms. The van der Waals surface area contributed by atoms with Gasteiger partial charge in [0.15, 0.2) is 0 Å². The van der Waals surface area contributed by atoms with Gasteiger partial charge in [-0.3, -0.25) is 9.69 Å². The number of amides is 1. The number of carbonyl (C=O) groups excluding carboxylic acids is 1. The summed E-state index contributed by atoms with van der Waals surface area (Å²) in [5.74, 6) is -2.22. The van der Waals surface area contributed by atoms with E-state index in [0.717, 1.165) is 23.5 Å². The van der Waals surface area contributed by atoms with Gasteiger partial charge < -0.3 is 9.30 Å². The number of hydrogen-bond donors (Lipinski definition) is 0. The number of imidazole rings is 1. The zero-order valence-electron chi connectivity index (χ0n) is 14.1. The molecule has 0 unspecified atom stereocenters. The molecule has 4 rings (SSSR count). The molecule has 0 saturated carbocycles. The van der Waals surface area contributed by atoms with E-state index >= 15 is 0 Å². The second kappa shape index (κ2) is 6.84. The standard InChI is InChI=1S/C19H18F2N4O/c20-15-4-3-5-16(21)18(15)19(26)24-10-8-23(9-11-24)13-14-12-22-17-6-1-2-7-25(14)17/h1-7,12H,8-11,13H2. The fourth-order valence-electron chi connectivity index (χ4n) is 3.30. The van der Waals surface area contributed by atoms with Gasteiger partial charge in [0, 0.05) is 38.9 Å². The van der Waals surface area contributed by atoms with Crippen LogP contribution in [0.25, 0.3) is 5.65 Å². The van der Waals surface area contributed by atoms with Crippen molar-refractivity contribution in [3.8, 4) is 0 Å². The summed E-state index contributed by atoms with van der Waals surface area (Å²) >= 11 is 0. The van der Waals surface area contributed by atoms with E-state index in [4.69, 9.17) is 0 Å². The van der Waals surface area contributed by atoms with Crippen LogP contribution in [0.15, 0.2) is 48.8 Å². The Morgan fingerprint density at radius 3 is 2.46 bits per heavy atom. The molecule has 3 heterocycles. The second-order valence-electron chi connectivity index (χ2n) is 6.34. The highest BCUT2D eigenvalue weighted by atomic mass is 19.1. The molecule has 134 valence electrons. The molecule has 5 nitrogen and oxygen atoms in total. The Bertz CT molecular complexity index is 927. The van der Waals surface area contributed by atoms with Gasteiger partial charge in [-0.15, -0.1) is 0 Å². The molecule has 1 aliphatic heterocycles. The molecule has 7 heteroatoms. The van der Waals surface area contributed by atoms with Gasteiger partial charge in [-0.1, -0.05) is 12.1 Å². The van der Waals surface area contributed by atoms with Crippen LogP contribution < -0.4 is 0 Å². The summed E-state index contributed by atoms with van der Waals surface area (Å²) in [4.78, 5) is 20.5. The smallest absolute Gasteiger partial charge is 0.259 e. The summed E-state index contributed by atoms with van der Waals surface area (Å²) in [5, 5.41) is 0. The van der Waals surface area contributed by atoms with Gasteiger partial charge in [-0.05, 0) is 24.3 Å². The monoisotopic (exact) mass is 356 g/mol. The average Bonchev–Trinajstić information content (AvgIpc) is 3.05. The van der Waals surface area contributed by atoms with E-state index in [1.54, 1.807) is 0 Å². The summed E-state index contributed by atoms with van der Waals surface area (Å²) in [5.41, 5.74) is 1.50. The number of aromatic nitrogens is 2. The quantitative estimate of drug-likeness (QED) is 0.724. The molecule has 2 aromatic heterocycles. The number of pyridine rings is 1. The van der Waals surface area contributed by atoms with E-state index < -0.39 is 23.1 Å². The maximum absolute atomic E-state index is 13.8. The zero-order chi connectivity index (χ0) is 18.1. The fourth-order valence-corrected chi connectivity index (χ4v) is 3.30. The van der Waals surface area contributed by atoms with Crippen molar-refractivity contribution in [2.45, 2.75) is 6.54 Å². The van der Waals surface area contributed by atoms with Crippen LogP contribution in [0.2, 0.25) is 0 Å². The molecule has 26 heavy (non-hydrogen) atoms. The van der Waals surface area contributed by atoms with Crippen LogP contribution >= 0.6 is 0 Å². The topological polar surface area (TPSA) is 40.9 Å². The largest absolute Gasteiger partial charge is 0.336 e. The van der Waals surface area contributed by atoms with Crippen molar-refractivity contribution < 1.29 is 13.6 Å². The van der Waals surface area contributed by atoms with Crippen LogP contribution in [0.5, 0.6) is 0 Å². The normalized spacial score (nSPS) is 15.5. The SMILES string of the molecule is O=C(c1c(F)cccc1F)N1CCN(Cc2cnc3ccccn23)CC1. The van der Waals surface area contributed by atoms with E-state index in [-0.39, 0.29) is 0 Å². The highest BCUT2D eigenvalue weighted by Gasteiger charge is 2.26. The zero-order valence-corrected chi connectivity index (χ0v) is 14.1. The highest BCUT2D eigenvalue weighted by molar-refractivity contribution is 5.94. The third-order valence-electron chi connectivity index (χ3n) is 4.72. The Hall–Kier alpha value is -2.80. The summed E-state index contributed by atoms with van der Waals surface area (Å²) in [7, 11) is 0. The second-order valence-corrected chi connectivity index (χ2v) is 6.34.